The second-order valence-electron chi connectivity index (χ2n) is 6.45. The molecule has 0 saturated carbocycles. The van der Waals surface area contributed by atoms with Gasteiger partial charge in [-0.2, -0.15) is 0 Å². The van der Waals surface area contributed by atoms with E-state index in [2.05, 4.69) is 6.58 Å². The SMILES string of the molecule is C=c1ccc2c(c1C=O)Oc1c(ccc(O)c1C=O)C=2c1ccccc1C(=O)O. The van der Waals surface area contributed by atoms with E-state index in [9.17, 15) is 24.6 Å². The van der Waals surface area contributed by atoms with Crippen molar-refractivity contribution in [2.45, 2.75) is 0 Å². The molecule has 0 bridgehead atoms. The van der Waals surface area contributed by atoms with Crippen molar-refractivity contribution in [3.05, 3.63) is 86.8 Å². The number of ether oxygens (including phenoxy) is 1. The molecule has 0 radical (unpaired) electrons. The molecule has 142 valence electrons. The lowest BCUT2D eigenvalue weighted by Gasteiger charge is -2.24. The summed E-state index contributed by atoms with van der Waals surface area (Å²) in [6.07, 6.45) is 1.05. The van der Waals surface area contributed by atoms with Crippen LogP contribution in [0, 0.1) is 0 Å². The first-order chi connectivity index (χ1) is 14.0. The van der Waals surface area contributed by atoms with Crippen molar-refractivity contribution >= 4 is 30.7 Å². The average Bonchev–Trinajstić information content (AvgIpc) is 2.72. The van der Waals surface area contributed by atoms with Crippen LogP contribution in [0.5, 0.6) is 17.2 Å². The summed E-state index contributed by atoms with van der Waals surface area (Å²) in [6, 6.07) is 12.6. The van der Waals surface area contributed by atoms with Gasteiger partial charge in [0.15, 0.2) is 12.6 Å². The van der Waals surface area contributed by atoms with Gasteiger partial charge in [-0.25, -0.2) is 4.79 Å². The fourth-order valence-corrected chi connectivity index (χ4v) is 3.51. The minimum atomic E-state index is -1.12. The zero-order chi connectivity index (χ0) is 20.7. The Hall–Kier alpha value is -4.19. The molecule has 0 spiro atoms. The van der Waals surface area contributed by atoms with E-state index in [0.717, 1.165) is 0 Å². The highest BCUT2D eigenvalue weighted by molar-refractivity contribution is 6.00. The molecule has 1 aliphatic heterocycles. The Kier molecular flexibility index (Phi) is 4.24. The molecule has 29 heavy (non-hydrogen) atoms. The normalized spacial score (nSPS) is 11.8. The molecule has 3 aromatic carbocycles. The molecule has 0 aliphatic carbocycles. The molecule has 0 unspecified atom stereocenters. The van der Waals surface area contributed by atoms with Gasteiger partial charge in [-0.15, -0.1) is 0 Å². The van der Waals surface area contributed by atoms with Crippen LogP contribution in [0.15, 0.2) is 48.5 Å². The third-order valence-corrected chi connectivity index (χ3v) is 4.86. The van der Waals surface area contributed by atoms with Gasteiger partial charge in [-0.1, -0.05) is 30.8 Å². The quantitative estimate of drug-likeness (QED) is 0.523. The number of hydrogen-bond acceptors (Lipinski definition) is 5. The van der Waals surface area contributed by atoms with Gasteiger partial charge in [0.25, 0.3) is 0 Å². The number of carboxylic acid groups (broad SMARTS) is 1. The Labute approximate surface area is 164 Å². The number of fused-ring (bicyclic) bond motifs is 2. The number of carboxylic acids is 1. The molecule has 1 aliphatic rings. The van der Waals surface area contributed by atoms with E-state index < -0.39 is 5.97 Å². The van der Waals surface area contributed by atoms with Crippen molar-refractivity contribution < 1.29 is 29.3 Å². The van der Waals surface area contributed by atoms with Gasteiger partial charge in [0.05, 0.1) is 16.7 Å². The molecule has 1 heterocycles. The molecule has 0 saturated heterocycles. The monoisotopic (exact) mass is 386 g/mol. The predicted octanol–water partition coefficient (Wildman–Crippen LogP) is 2.48. The van der Waals surface area contributed by atoms with Gasteiger partial charge in [-0.3, -0.25) is 9.59 Å². The molecule has 0 atom stereocenters. The molecule has 0 aromatic heterocycles. The fraction of sp³-hybridized carbons (Fsp3) is 0. The molecular weight excluding hydrogens is 372 g/mol. The second-order valence-corrected chi connectivity index (χ2v) is 6.45. The summed E-state index contributed by atoms with van der Waals surface area (Å²) in [5.41, 5.74) is 1.43. The number of aldehydes is 2. The summed E-state index contributed by atoms with van der Waals surface area (Å²) in [5, 5.41) is 20.7. The highest BCUT2D eigenvalue weighted by Crippen LogP contribution is 2.42. The van der Waals surface area contributed by atoms with Crippen molar-refractivity contribution in [3.8, 4) is 17.2 Å². The maximum atomic E-state index is 11.8. The van der Waals surface area contributed by atoms with Crippen molar-refractivity contribution in [3.63, 3.8) is 0 Å². The lowest BCUT2D eigenvalue weighted by Crippen LogP contribution is -2.24. The van der Waals surface area contributed by atoms with Crippen molar-refractivity contribution in [2.24, 2.45) is 0 Å². The van der Waals surface area contributed by atoms with Crippen LogP contribution in [0.4, 0.5) is 0 Å². The van der Waals surface area contributed by atoms with E-state index >= 15 is 0 Å². The fourth-order valence-electron chi connectivity index (χ4n) is 3.51. The Morgan fingerprint density at radius 1 is 0.897 bits per heavy atom. The highest BCUT2D eigenvalue weighted by Gasteiger charge is 2.28. The Bertz CT molecular complexity index is 1320. The van der Waals surface area contributed by atoms with E-state index in [0.29, 0.717) is 39.7 Å². The van der Waals surface area contributed by atoms with Gasteiger partial charge >= 0.3 is 5.97 Å². The molecule has 0 amide bonds. The van der Waals surface area contributed by atoms with Gasteiger partial charge < -0.3 is 14.9 Å². The largest absolute Gasteiger partial charge is 0.507 e. The first-order valence-corrected chi connectivity index (χ1v) is 8.61. The Balaban J connectivity index is 2.25. The van der Waals surface area contributed by atoms with E-state index in [-0.39, 0.29) is 33.9 Å². The minimum absolute atomic E-state index is 0.0494. The van der Waals surface area contributed by atoms with Crippen LogP contribution in [-0.4, -0.2) is 28.8 Å². The molecule has 4 rings (SSSR count). The van der Waals surface area contributed by atoms with E-state index in [4.69, 9.17) is 4.74 Å². The van der Waals surface area contributed by atoms with Gasteiger partial charge in [-0.05, 0) is 35.0 Å². The third kappa shape index (κ3) is 2.70. The standard InChI is InChI=1S/C23H14O6/c1-12-6-7-15-20(13-4-2-3-5-14(13)23(27)28)16-8-9-19(26)18(11-25)22(16)29-21(15)17(12)10-24/h2-11,26H,1H2,(H,27,28). The Morgan fingerprint density at radius 3 is 2.31 bits per heavy atom. The smallest absolute Gasteiger partial charge is 0.336 e. The molecule has 3 aromatic rings. The number of carbonyl (C=O) groups excluding carboxylic acids is 2. The zero-order valence-corrected chi connectivity index (χ0v) is 15.0. The lowest BCUT2D eigenvalue weighted by atomic mass is 9.88. The van der Waals surface area contributed by atoms with Crippen molar-refractivity contribution in [1.82, 2.24) is 0 Å². The minimum Gasteiger partial charge on any atom is -0.507 e. The number of benzene rings is 3. The third-order valence-electron chi connectivity index (χ3n) is 4.86. The van der Waals surface area contributed by atoms with E-state index in [1.165, 1.54) is 12.1 Å². The first kappa shape index (κ1) is 18.2. The number of aromatic hydroxyl groups is 1. The molecule has 0 fully saturated rings. The summed E-state index contributed by atoms with van der Waals surface area (Å²) < 4.78 is 5.90. The lowest BCUT2D eigenvalue weighted by molar-refractivity contribution is 0.0696. The summed E-state index contributed by atoms with van der Waals surface area (Å²) in [7, 11) is 0. The second kappa shape index (κ2) is 6.76. The maximum Gasteiger partial charge on any atom is 0.336 e. The molecule has 6 nitrogen and oxygen atoms in total. The summed E-state index contributed by atoms with van der Waals surface area (Å²) in [6.45, 7) is 3.83. The summed E-state index contributed by atoms with van der Waals surface area (Å²) >= 11 is 0. The van der Waals surface area contributed by atoms with Gasteiger partial charge in [0.2, 0.25) is 0 Å². The molecular formula is C23H14O6. The Morgan fingerprint density at radius 2 is 1.62 bits per heavy atom. The van der Waals surface area contributed by atoms with Crippen LogP contribution >= 0.6 is 0 Å². The average molecular weight is 386 g/mol. The topological polar surface area (TPSA) is 101 Å². The summed E-state index contributed by atoms with van der Waals surface area (Å²) in [4.78, 5) is 35.2. The van der Waals surface area contributed by atoms with Crippen molar-refractivity contribution in [1.29, 1.82) is 0 Å². The zero-order valence-electron chi connectivity index (χ0n) is 15.0. The number of phenols is 1. The van der Waals surface area contributed by atoms with Crippen LogP contribution < -0.4 is 15.2 Å². The predicted molar refractivity (Wildman–Crippen MR) is 105 cm³/mol. The highest BCUT2D eigenvalue weighted by atomic mass is 16.5. The van der Waals surface area contributed by atoms with Crippen LogP contribution in [-0.2, 0) is 0 Å². The van der Waals surface area contributed by atoms with Crippen molar-refractivity contribution in [2.75, 3.05) is 0 Å². The van der Waals surface area contributed by atoms with Crippen LogP contribution in [0.3, 0.4) is 0 Å². The van der Waals surface area contributed by atoms with E-state index in [1.807, 2.05) is 0 Å². The van der Waals surface area contributed by atoms with Crippen LogP contribution in [0.25, 0.3) is 12.2 Å². The summed E-state index contributed by atoms with van der Waals surface area (Å²) in [5.74, 6) is -1.20. The first-order valence-electron chi connectivity index (χ1n) is 8.61. The van der Waals surface area contributed by atoms with Crippen LogP contribution in [0.1, 0.15) is 42.2 Å². The number of phenolic OH excluding ortho intramolecular Hbond substituents is 1. The van der Waals surface area contributed by atoms with Gasteiger partial charge in [0, 0.05) is 16.4 Å². The number of hydrogen-bond donors (Lipinski definition) is 2. The molecule has 2 N–H and O–H groups in total. The number of rotatable bonds is 4. The van der Waals surface area contributed by atoms with E-state index in [1.54, 1.807) is 36.4 Å². The van der Waals surface area contributed by atoms with Gasteiger partial charge in [0.1, 0.15) is 17.2 Å². The number of carbonyl (C=O) groups is 3. The van der Waals surface area contributed by atoms with Crippen LogP contribution in [0.2, 0.25) is 0 Å². The maximum absolute atomic E-state index is 11.8. The molecule has 6 heteroatoms. The number of aromatic carboxylic acids is 1.